The maximum absolute atomic E-state index is 12.4. The van der Waals surface area contributed by atoms with Crippen LogP contribution in [-0.2, 0) is 6.42 Å². The van der Waals surface area contributed by atoms with Crippen LogP contribution in [0.4, 0.5) is 5.13 Å². The van der Waals surface area contributed by atoms with E-state index in [1.807, 2.05) is 12.1 Å². The summed E-state index contributed by atoms with van der Waals surface area (Å²) in [4.78, 5) is 32.8. The van der Waals surface area contributed by atoms with Crippen molar-refractivity contribution in [3.8, 4) is 11.5 Å². The molecule has 0 spiro atoms. The number of nitrogens with one attached hydrogen (secondary N) is 2. The van der Waals surface area contributed by atoms with E-state index in [-0.39, 0.29) is 24.3 Å². The van der Waals surface area contributed by atoms with Crippen molar-refractivity contribution in [2.45, 2.75) is 6.42 Å². The minimum Gasteiger partial charge on any atom is -0.454 e. The molecule has 0 saturated carbocycles. The molecule has 0 aliphatic carbocycles. The summed E-state index contributed by atoms with van der Waals surface area (Å²) in [5.74, 6) is 0.511. The predicted molar refractivity (Wildman–Crippen MR) is 103 cm³/mol. The van der Waals surface area contributed by atoms with E-state index in [2.05, 4.69) is 20.6 Å². The predicted octanol–water partition coefficient (Wildman–Crippen LogP) is 2.49. The Labute approximate surface area is 164 Å². The number of hydrogen-bond acceptors (Lipinski definition) is 7. The Morgan fingerprint density at radius 2 is 2.04 bits per heavy atom. The number of anilines is 1. The number of thiazole rings is 1. The molecule has 28 heavy (non-hydrogen) atoms. The third-order valence-corrected chi connectivity index (χ3v) is 4.77. The number of rotatable bonds is 6. The van der Waals surface area contributed by atoms with Gasteiger partial charge in [0.15, 0.2) is 16.6 Å². The van der Waals surface area contributed by atoms with Crippen LogP contribution in [0.25, 0.3) is 0 Å². The second-order valence-electron chi connectivity index (χ2n) is 5.93. The molecular weight excluding hydrogens is 380 g/mol. The highest BCUT2D eigenvalue weighted by atomic mass is 32.1. The van der Waals surface area contributed by atoms with Crippen LogP contribution in [0.1, 0.15) is 26.4 Å². The Hall–Kier alpha value is -3.46. The van der Waals surface area contributed by atoms with Crippen molar-refractivity contribution in [2.24, 2.45) is 0 Å². The average Bonchev–Trinajstić information content (AvgIpc) is 3.37. The maximum atomic E-state index is 12.4. The highest BCUT2D eigenvalue weighted by Gasteiger charge is 2.17. The van der Waals surface area contributed by atoms with Gasteiger partial charge in [0.1, 0.15) is 5.69 Å². The zero-order valence-electron chi connectivity index (χ0n) is 14.7. The summed E-state index contributed by atoms with van der Waals surface area (Å²) in [5, 5.41) is 7.45. The van der Waals surface area contributed by atoms with Crippen molar-refractivity contribution in [3.05, 3.63) is 64.9 Å². The maximum Gasteiger partial charge on any atom is 0.270 e. The Kier molecular flexibility index (Phi) is 5.16. The normalized spacial score (nSPS) is 11.9. The number of benzene rings is 1. The third-order valence-electron chi connectivity index (χ3n) is 4.01. The molecule has 1 aliphatic heterocycles. The van der Waals surface area contributed by atoms with E-state index >= 15 is 0 Å². The van der Waals surface area contributed by atoms with Gasteiger partial charge in [0.2, 0.25) is 6.79 Å². The van der Waals surface area contributed by atoms with E-state index in [0.29, 0.717) is 35.2 Å². The topological polar surface area (TPSA) is 102 Å². The van der Waals surface area contributed by atoms with Gasteiger partial charge in [-0.3, -0.25) is 19.9 Å². The van der Waals surface area contributed by atoms with Crippen molar-refractivity contribution < 1.29 is 19.1 Å². The molecule has 0 radical (unpaired) electrons. The Morgan fingerprint density at radius 1 is 1.14 bits per heavy atom. The number of ether oxygens (including phenoxy) is 2. The molecule has 0 fully saturated rings. The lowest BCUT2D eigenvalue weighted by atomic mass is 10.2. The Morgan fingerprint density at radius 3 is 2.89 bits per heavy atom. The molecule has 142 valence electrons. The van der Waals surface area contributed by atoms with Crippen molar-refractivity contribution >= 4 is 28.3 Å². The van der Waals surface area contributed by atoms with E-state index in [1.54, 1.807) is 36.0 Å². The summed E-state index contributed by atoms with van der Waals surface area (Å²) in [7, 11) is 0. The van der Waals surface area contributed by atoms with Gasteiger partial charge in [0.05, 0.1) is 0 Å². The molecule has 0 atom stereocenters. The van der Waals surface area contributed by atoms with Gasteiger partial charge < -0.3 is 14.8 Å². The zero-order chi connectivity index (χ0) is 19.3. The monoisotopic (exact) mass is 396 g/mol. The zero-order valence-corrected chi connectivity index (χ0v) is 15.5. The molecule has 2 aromatic heterocycles. The number of carbonyl (C=O) groups excluding carboxylic acids is 2. The second kappa shape index (κ2) is 8.05. The van der Waals surface area contributed by atoms with Gasteiger partial charge in [-0.15, -0.1) is 11.3 Å². The van der Waals surface area contributed by atoms with E-state index in [1.165, 1.54) is 11.3 Å². The van der Waals surface area contributed by atoms with Crippen LogP contribution in [-0.4, -0.2) is 35.1 Å². The molecule has 3 aromatic rings. The second-order valence-corrected chi connectivity index (χ2v) is 6.79. The molecule has 8 nitrogen and oxygen atoms in total. The van der Waals surface area contributed by atoms with E-state index in [9.17, 15) is 9.59 Å². The Balaban J connectivity index is 1.32. The van der Waals surface area contributed by atoms with Crippen LogP contribution in [0.5, 0.6) is 11.5 Å². The summed E-state index contributed by atoms with van der Waals surface area (Å²) in [6.45, 7) is 0.618. The fraction of sp³-hybridized carbons (Fsp3) is 0.158. The number of hydrogen-bond donors (Lipinski definition) is 2. The first-order chi connectivity index (χ1) is 13.7. The molecule has 1 aliphatic rings. The fourth-order valence-corrected chi connectivity index (χ4v) is 3.29. The van der Waals surface area contributed by atoms with Gasteiger partial charge in [-0.1, -0.05) is 6.07 Å². The fourth-order valence-electron chi connectivity index (χ4n) is 2.60. The van der Waals surface area contributed by atoms with Crippen molar-refractivity contribution in [1.82, 2.24) is 15.3 Å². The number of nitrogens with zero attached hydrogens (tertiary/aromatic N) is 2. The van der Waals surface area contributed by atoms with E-state index in [4.69, 9.17) is 9.47 Å². The summed E-state index contributed by atoms with van der Waals surface area (Å²) < 4.78 is 10.5. The molecule has 2 N–H and O–H groups in total. The molecule has 4 rings (SSSR count). The van der Waals surface area contributed by atoms with E-state index < -0.39 is 0 Å². The number of carbonyl (C=O) groups is 2. The van der Waals surface area contributed by atoms with Gasteiger partial charge in [0.25, 0.3) is 11.8 Å². The number of pyridine rings is 1. The standard InChI is InChI=1S/C19H16N4O4S/c24-17(13-3-4-15-16(8-13)27-11-26-15)23-19-22-14(10-28-19)18(25)21-7-5-12-2-1-6-20-9-12/h1-4,6,8-10H,5,7,11H2,(H,21,25)(H,22,23,24). The van der Waals surface area contributed by atoms with Crippen LogP contribution in [0, 0.1) is 0 Å². The SMILES string of the molecule is O=C(Nc1nc(C(=O)NCCc2cccnc2)cs1)c1ccc2c(c1)OCO2. The molecule has 3 heterocycles. The first-order valence-corrected chi connectivity index (χ1v) is 9.40. The highest BCUT2D eigenvalue weighted by Crippen LogP contribution is 2.32. The highest BCUT2D eigenvalue weighted by molar-refractivity contribution is 7.14. The van der Waals surface area contributed by atoms with Gasteiger partial charge in [0, 0.05) is 29.9 Å². The van der Waals surface area contributed by atoms with Gasteiger partial charge in [-0.25, -0.2) is 4.98 Å². The lowest BCUT2D eigenvalue weighted by molar-refractivity contribution is 0.0948. The Bertz CT molecular complexity index is 1010. The van der Waals surface area contributed by atoms with Crippen molar-refractivity contribution in [1.29, 1.82) is 0 Å². The largest absolute Gasteiger partial charge is 0.454 e. The molecule has 0 unspecified atom stereocenters. The molecular formula is C19H16N4O4S. The third kappa shape index (κ3) is 4.09. The number of amides is 2. The summed E-state index contributed by atoms with van der Waals surface area (Å²) in [6.07, 6.45) is 4.15. The quantitative estimate of drug-likeness (QED) is 0.664. The van der Waals surface area contributed by atoms with Crippen LogP contribution in [0.3, 0.4) is 0 Å². The smallest absolute Gasteiger partial charge is 0.270 e. The minimum atomic E-state index is -0.337. The van der Waals surface area contributed by atoms with Crippen LogP contribution in [0.2, 0.25) is 0 Å². The number of aromatic nitrogens is 2. The van der Waals surface area contributed by atoms with Gasteiger partial charge >= 0.3 is 0 Å². The lowest BCUT2D eigenvalue weighted by Gasteiger charge is -2.04. The molecule has 2 amide bonds. The van der Waals surface area contributed by atoms with Crippen LogP contribution < -0.4 is 20.1 Å². The number of fused-ring (bicyclic) bond motifs is 1. The molecule has 0 saturated heterocycles. The van der Waals surface area contributed by atoms with Gasteiger partial charge in [-0.2, -0.15) is 0 Å². The summed E-state index contributed by atoms with van der Waals surface area (Å²) >= 11 is 1.19. The average molecular weight is 396 g/mol. The summed E-state index contributed by atoms with van der Waals surface area (Å²) in [6, 6.07) is 8.73. The van der Waals surface area contributed by atoms with E-state index in [0.717, 1.165) is 5.56 Å². The van der Waals surface area contributed by atoms with Crippen LogP contribution in [0.15, 0.2) is 48.1 Å². The minimum absolute atomic E-state index is 0.145. The molecule has 1 aromatic carbocycles. The van der Waals surface area contributed by atoms with Crippen molar-refractivity contribution in [2.75, 3.05) is 18.7 Å². The van der Waals surface area contributed by atoms with Gasteiger partial charge in [-0.05, 0) is 36.2 Å². The van der Waals surface area contributed by atoms with Crippen LogP contribution >= 0.6 is 11.3 Å². The summed E-state index contributed by atoms with van der Waals surface area (Å²) in [5.41, 5.74) is 1.72. The first kappa shape index (κ1) is 17.9. The molecule has 0 bridgehead atoms. The molecule has 9 heteroatoms. The lowest BCUT2D eigenvalue weighted by Crippen LogP contribution is -2.26. The first-order valence-electron chi connectivity index (χ1n) is 8.53. The van der Waals surface area contributed by atoms with Crippen molar-refractivity contribution in [3.63, 3.8) is 0 Å².